The normalized spacial score (nSPS) is 19.8. The van der Waals surface area contributed by atoms with Crippen molar-refractivity contribution in [1.29, 1.82) is 0 Å². The Labute approximate surface area is 423 Å². The monoisotopic (exact) mass is 976 g/mol. The second kappa shape index (κ2) is 27.8. The smallest absolute Gasteiger partial charge is 0.324 e. The van der Waals surface area contributed by atoms with Crippen LogP contribution in [0.1, 0.15) is 111 Å². The average Bonchev–Trinajstić information content (AvgIpc) is 3.97. The number of aldehydes is 2. The molecule has 2 saturated heterocycles. The number of carbonyl (C=O) groups is 5. The van der Waals surface area contributed by atoms with Crippen LogP contribution in [0.4, 0.5) is 0 Å². The lowest BCUT2D eigenvalue weighted by Crippen LogP contribution is -2.61. The number of hydrogen-bond acceptors (Lipinski definition) is 11. The van der Waals surface area contributed by atoms with Gasteiger partial charge in [-0.15, -0.1) is 0 Å². The Hall–Kier alpha value is -5.72. The van der Waals surface area contributed by atoms with Crippen molar-refractivity contribution in [3.8, 4) is 34.2 Å². The molecule has 7 rings (SSSR count). The minimum absolute atomic E-state index is 0.0279. The molecule has 386 valence electrons. The summed E-state index contributed by atoms with van der Waals surface area (Å²) >= 11 is 0. The maximum Gasteiger partial charge on any atom is 0.324 e. The predicted octanol–water partition coefficient (Wildman–Crippen LogP) is 8.09. The fourth-order valence-corrected chi connectivity index (χ4v) is 9.69. The van der Waals surface area contributed by atoms with E-state index >= 15 is 0 Å². The number of nitrogens with one attached hydrogen (secondary N) is 2. The van der Waals surface area contributed by atoms with Crippen molar-refractivity contribution in [1.82, 2.24) is 35.1 Å². The highest BCUT2D eigenvalue weighted by Gasteiger charge is 2.37. The van der Waals surface area contributed by atoms with Gasteiger partial charge < -0.3 is 24.2 Å². The van der Waals surface area contributed by atoms with Gasteiger partial charge in [0.15, 0.2) is 6.29 Å². The second-order valence-corrected chi connectivity index (χ2v) is 19.4. The summed E-state index contributed by atoms with van der Waals surface area (Å²) in [4.78, 5) is 70.8. The number of cyclic esters (lactones) is 1. The molecule has 5 heterocycles. The molecule has 2 aromatic heterocycles. The number of aryl methyl sites for hydroxylation is 1. The van der Waals surface area contributed by atoms with Crippen molar-refractivity contribution in [2.24, 2.45) is 17.3 Å². The molecule has 0 spiro atoms. The summed E-state index contributed by atoms with van der Waals surface area (Å²) in [6.07, 6.45) is 6.17. The van der Waals surface area contributed by atoms with E-state index in [0.29, 0.717) is 38.6 Å². The molecule has 14 heteroatoms. The fraction of sp³-hybridized carbons (Fsp3) is 0.544. The summed E-state index contributed by atoms with van der Waals surface area (Å²) in [5, 5.41) is 5.73. The number of esters is 1. The molecule has 3 aliphatic rings. The number of hydrazine groups is 1. The number of likely N-dealkylation sites (N-methyl/N-ethyl adjacent to an activating group) is 1. The molecule has 71 heavy (non-hydrogen) atoms. The van der Waals surface area contributed by atoms with E-state index in [0.717, 1.165) is 82.4 Å². The quantitative estimate of drug-likeness (QED) is 0.0900. The first-order valence-electron chi connectivity index (χ1n) is 25.6. The standard InChI is InChI=1S/C44H58N6O5.C9H11NO2.2C2H6/c1-10-49-37-19-18-31-24-33(37)34(40(49)32-16-12-20-45-38(32)28(4)54-9)25-44(5,6)26-55-43(53)35-17-13-21-50(47-35)42(52)36(23-29-14-11-15-30(31)22-29)46-41(51)39(27(2)3)48(7)8;11-6-2-1-4-10-5-3-9(7-10)8-12;2*1-2/h11-12,14-16,18-20,22,24,27-28,35-36,39,47H,10,13,17,21,23,25-26H2,1-9H3,(H,46,51);6,8-9H,3-5,7H2;2*1-2H3. The molecule has 4 aromatic rings. The summed E-state index contributed by atoms with van der Waals surface area (Å²) in [5.41, 5.74) is 10.9. The molecule has 6 bridgehead atoms. The van der Waals surface area contributed by atoms with E-state index in [1.807, 2.05) is 91.9 Å². The van der Waals surface area contributed by atoms with E-state index in [1.54, 1.807) is 7.11 Å². The van der Waals surface area contributed by atoms with Crippen LogP contribution in [0, 0.1) is 29.1 Å². The van der Waals surface area contributed by atoms with Gasteiger partial charge in [-0.05, 0) is 119 Å². The molecule has 14 nitrogen and oxygen atoms in total. The van der Waals surface area contributed by atoms with Crippen LogP contribution in [-0.4, -0.2) is 127 Å². The summed E-state index contributed by atoms with van der Waals surface area (Å²) in [6, 6.07) is 17.0. The van der Waals surface area contributed by atoms with Gasteiger partial charge in [-0.25, -0.2) is 5.43 Å². The van der Waals surface area contributed by atoms with Gasteiger partial charge in [-0.1, -0.05) is 91.6 Å². The number of rotatable bonds is 10. The highest BCUT2D eigenvalue weighted by molar-refractivity contribution is 5.95. The Morgan fingerprint density at radius 1 is 1.01 bits per heavy atom. The molecule has 2 aromatic carbocycles. The Morgan fingerprint density at radius 2 is 1.75 bits per heavy atom. The Kier molecular flexibility index (Phi) is 22.6. The van der Waals surface area contributed by atoms with Gasteiger partial charge >= 0.3 is 5.97 Å². The molecular formula is C57H81N7O7. The molecule has 3 aliphatic heterocycles. The molecule has 0 saturated carbocycles. The zero-order chi connectivity index (χ0) is 52.4. The minimum Gasteiger partial charge on any atom is -0.464 e. The summed E-state index contributed by atoms with van der Waals surface area (Å²) in [5.74, 6) is 4.37. The predicted molar refractivity (Wildman–Crippen MR) is 283 cm³/mol. The van der Waals surface area contributed by atoms with Gasteiger partial charge in [0.2, 0.25) is 5.91 Å². The van der Waals surface area contributed by atoms with E-state index < -0.39 is 29.5 Å². The Bertz CT molecular complexity index is 2460. The molecule has 0 aliphatic carbocycles. The van der Waals surface area contributed by atoms with Gasteiger partial charge in [-0.2, -0.15) is 0 Å². The van der Waals surface area contributed by atoms with Gasteiger partial charge in [0.25, 0.3) is 5.91 Å². The highest BCUT2D eigenvalue weighted by atomic mass is 16.5. The van der Waals surface area contributed by atoms with Gasteiger partial charge in [0.1, 0.15) is 18.4 Å². The first-order chi connectivity index (χ1) is 34.1. The number of hydrogen-bond donors (Lipinski definition) is 2. The number of aromatic nitrogens is 2. The Morgan fingerprint density at radius 3 is 2.39 bits per heavy atom. The first kappa shape index (κ1) is 57.9. The van der Waals surface area contributed by atoms with Crippen molar-refractivity contribution in [3.05, 3.63) is 77.6 Å². The third-order valence-corrected chi connectivity index (χ3v) is 13.1. The van der Waals surface area contributed by atoms with E-state index in [2.05, 4.69) is 89.2 Å². The lowest BCUT2D eigenvalue weighted by atomic mass is 9.84. The van der Waals surface area contributed by atoms with Gasteiger partial charge in [-0.3, -0.25) is 39.0 Å². The van der Waals surface area contributed by atoms with E-state index in [4.69, 9.17) is 14.5 Å². The number of likely N-dealkylation sites (tertiary alicyclic amines) is 1. The summed E-state index contributed by atoms with van der Waals surface area (Å²) in [7, 11) is 5.45. The number of nitrogens with zero attached hydrogens (tertiary/aromatic N) is 5. The number of amides is 2. The lowest BCUT2D eigenvalue weighted by molar-refractivity contribution is -0.155. The first-order valence-corrected chi connectivity index (χ1v) is 25.6. The maximum absolute atomic E-state index is 14.3. The van der Waals surface area contributed by atoms with Crippen LogP contribution in [0.3, 0.4) is 0 Å². The number of ether oxygens (including phenoxy) is 2. The van der Waals surface area contributed by atoms with Gasteiger partial charge in [0.05, 0.1) is 36.7 Å². The van der Waals surface area contributed by atoms with Crippen molar-refractivity contribution >= 4 is 41.3 Å². The Balaban J connectivity index is 0.000000589. The SMILES string of the molecule is CC.CC.CCn1c(-c2cccnc2C(C)OC)c2c3cc(ccc31)-c1cccc(c1)CC(NC(=O)C(C(C)C)N(C)C)C(=O)N1CCCC(N1)C(=O)OCC(C)(C)C2.O=CC#CCN1CCC(C=O)C1. The largest absolute Gasteiger partial charge is 0.464 e. The van der Waals surface area contributed by atoms with Crippen LogP contribution in [0.15, 0.2) is 60.8 Å². The number of benzene rings is 2. The average molecular weight is 976 g/mol. The van der Waals surface area contributed by atoms with Crippen LogP contribution < -0.4 is 10.7 Å². The van der Waals surface area contributed by atoms with Crippen LogP contribution in [0.25, 0.3) is 33.3 Å². The number of methoxy groups -OCH3 is 1. The maximum atomic E-state index is 14.3. The van der Waals surface area contributed by atoms with E-state index in [-0.39, 0.29) is 42.8 Å². The summed E-state index contributed by atoms with van der Waals surface area (Å²) < 4.78 is 14.2. The van der Waals surface area contributed by atoms with E-state index in [9.17, 15) is 24.0 Å². The molecular weight excluding hydrogens is 895 g/mol. The van der Waals surface area contributed by atoms with Crippen LogP contribution >= 0.6 is 0 Å². The van der Waals surface area contributed by atoms with Crippen molar-refractivity contribution < 1.29 is 33.4 Å². The number of pyridine rings is 1. The van der Waals surface area contributed by atoms with E-state index in [1.165, 1.54) is 5.01 Å². The van der Waals surface area contributed by atoms with Crippen molar-refractivity contribution in [2.75, 3.05) is 54.0 Å². The van der Waals surface area contributed by atoms with Crippen molar-refractivity contribution in [2.45, 2.75) is 132 Å². The van der Waals surface area contributed by atoms with Crippen molar-refractivity contribution in [3.63, 3.8) is 0 Å². The van der Waals surface area contributed by atoms with Crippen LogP contribution in [-0.2, 0) is 52.8 Å². The molecule has 5 unspecified atom stereocenters. The zero-order valence-electron chi connectivity index (χ0n) is 44.8. The number of carbonyl (C=O) groups excluding carboxylic acids is 5. The summed E-state index contributed by atoms with van der Waals surface area (Å²) in [6.45, 7) is 24.1. The third-order valence-electron chi connectivity index (χ3n) is 13.1. The zero-order valence-corrected chi connectivity index (χ0v) is 44.8. The van der Waals surface area contributed by atoms with Crippen LogP contribution in [0.5, 0.6) is 0 Å². The molecule has 0 radical (unpaired) electrons. The molecule has 5 atom stereocenters. The topological polar surface area (TPSA) is 155 Å². The third kappa shape index (κ3) is 14.9. The lowest BCUT2D eigenvalue weighted by Gasteiger charge is -2.36. The fourth-order valence-electron chi connectivity index (χ4n) is 9.69. The molecule has 2 amide bonds. The second-order valence-electron chi connectivity index (χ2n) is 19.4. The highest BCUT2D eigenvalue weighted by Crippen LogP contribution is 2.42. The molecule has 2 N–H and O–H groups in total. The molecule has 2 fully saturated rings. The minimum atomic E-state index is -0.859. The number of fused-ring (bicyclic) bond motifs is 6. The van der Waals surface area contributed by atoms with Gasteiger partial charge in [0, 0.05) is 67.2 Å². The van der Waals surface area contributed by atoms with Crippen LogP contribution in [0.2, 0.25) is 0 Å².